The van der Waals surface area contributed by atoms with Crippen LogP contribution in [0, 0.1) is 0 Å². The topological polar surface area (TPSA) is 96.2 Å². The van der Waals surface area contributed by atoms with Gasteiger partial charge in [-0.1, -0.05) is 0 Å². The molecule has 2 rings (SSSR count). The minimum atomic E-state index is -0.638. The zero-order chi connectivity index (χ0) is 13.8. The van der Waals surface area contributed by atoms with E-state index in [1.807, 2.05) is 0 Å². The average molecular weight is 262 g/mol. The standard InChI is InChI=1S/C11H10N4O4/c1-18-10(16)8-5-7(3-4-12-8)15-6-13-9(14-15)11(17)19-2/h3-6H,1-2H3. The fourth-order valence-corrected chi connectivity index (χ4v) is 1.35. The van der Waals surface area contributed by atoms with E-state index in [1.54, 1.807) is 6.07 Å². The van der Waals surface area contributed by atoms with Crippen LogP contribution in [-0.4, -0.2) is 45.9 Å². The number of aromatic nitrogens is 4. The minimum Gasteiger partial charge on any atom is -0.464 e. The van der Waals surface area contributed by atoms with Crippen LogP contribution in [0.3, 0.4) is 0 Å². The summed E-state index contributed by atoms with van der Waals surface area (Å²) in [7, 11) is 2.51. The Morgan fingerprint density at radius 1 is 1.16 bits per heavy atom. The molecule has 0 N–H and O–H groups in total. The Morgan fingerprint density at radius 2 is 1.89 bits per heavy atom. The molecule has 0 aliphatic heterocycles. The number of nitrogens with zero attached hydrogens (tertiary/aromatic N) is 4. The quantitative estimate of drug-likeness (QED) is 0.730. The number of methoxy groups -OCH3 is 2. The molecule has 0 aliphatic rings. The molecule has 0 aliphatic carbocycles. The zero-order valence-corrected chi connectivity index (χ0v) is 10.2. The molecule has 0 saturated heterocycles. The van der Waals surface area contributed by atoms with Gasteiger partial charge in [-0.05, 0) is 12.1 Å². The fraction of sp³-hybridized carbons (Fsp3) is 0.182. The van der Waals surface area contributed by atoms with Gasteiger partial charge in [0.1, 0.15) is 12.0 Å². The van der Waals surface area contributed by atoms with Gasteiger partial charge in [-0.3, -0.25) is 0 Å². The van der Waals surface area contributed by atoms with Crippen molar-refractivity contribution in [3.05, 3.63) is 36.2 Å². The third-order valence-corrected chi connectivity index (χ3v) is 2.26. The highest BCUT2D eigenvalue weighted by Gasteiger charge is 2.13. The van der Waals surface area contributed by atoms with E-state index in [4.69, 9.17) is 0 Å². The van der Waals surface area contributed by atoms with Gasteiger partial charge in [0.2, 0.25) is 0 Å². The van der Waals surface area contributed by atoms with Gasteiger partial charge in [-0.2, -0.15) is 0 Å². The van der Waals surface area contributed by atoms with E-state index < -0.39 is 11.9 Å². The lowest BCUT2D eigenvalue weighted by Crippen LogP contribution is -2.07. The van der Waals surface area contributed by atoms with Crippen LogP contribution in [0.25, 0.3) is 5.69 Å². The lowest BCUT2D eigenvalue weighted by atomic mass is 10.3. The van der Waals surface area contributed by atoms with Crippen LogP contribution in [0.2, 0.25) is 0 Å². The van der Waals surface area contributed by atoms with Crippen molar-refractivity contribution in [3.63, 3.8) is 0 Å². The molecule has 0 atom stereocenters. The van der Waals surface area contributed by atoms with Crippen LogP contribution in [0.5, 0.6) is 0 Å². The molecule has 0 aromatic carbocycles. The number of esters is 2. The number of pyridine rings is 1. The van der Waals surface area contributed by atoms with Gasteiger partial charge in [0.15, 0.2) is 0 Å². The number of hydrogen-bond acceptors (Lipinski definition) is 7. The third kappa shape index (κ3) is 2.57. The molecule has 0 amide bonds. The maximum absolute atomic E-state index is 11.4. The second-order valence-electron chi connectivity index (χ2n) is 3.40. The second kappa shape index (κ2) is 5.25. The number of carbonyl (C=O) groups is 2. The lowest BCUT2D eigenvalue weighted by molar-refractivity contribution is 0.0580. The first-order valence-corrected chi connectivity index (χ1v) is 5.20. The summed E-state index contributed by atoms with van der Waals surface area (Å²) in [4.78, 5) is 30.2. The predicted octanol–water partition coefficient (Wildman–Crippen LogP) is 0.235. The zero-order valence-electron chi connectivity index (χ0n) is 10.2. The highest BCUT2D eigenvalue weighted by molar-refractivity contribution is 5.87. The van der Waals surface area contributed by atoms with Crippen molar-refractivity contribution in [2.75, 3.05) is 14.2 Å². The van der Waals surface area contributed by atoms with Gasteiger partial charge in [-0.15, -0.1) is 5.10 Å². The highest BCUT2D eigenvalue weighted by Crippen LogP contribution is 2.08. The van der Waals surface area contributed by atoms with Crippen molar-refractivity contribution in [1.82, 2.24) is 19.7 Å². The molecule has 0 saturated carbocycles. The highest BCUT2D eigenvalue weighted by atomic mass is 16.5. The monoisotopic (exact) mass is 262 g/mol. The van der Waals surface area contributed by atoms with Crippen LogP contribution in [0.1, 0.15) is 21.1 Å². The average Bonchev–Trinajstić information content (AvgIpc) is 2.95. The van der Waals surface area contributed by atoms with E-state index in [2.05, 4.69) is 24.5 Å². The van der Waals surface area contributed by atoms with E-state index in [0.29, 0.717) is 5.69 Å². The van der Waals surface area contributed by atoms with E-state index in [9.17, 15) is 9.59 Å². The minimum absolute atomic E-state index is 0.0704. The molecule has 0 spiro atoms. The first kappa shape index (κ1) is 12.7. The number of ether oxygens (including phenoxy) is 2. The third-order valence-electron chi connectivity index (χ3n) is 2.26. The van der Waals surface area contributed by atoms with Gasteiger partial charge in [0.05, 0.1) is 19.9 Å². The van der Waals surface area contributed by atoms with Gasteiger partial charge in [-0.25, -0.2) is 24.2 Å². The largest absolute Gasteiger partial charge is 0.464 e. The normalized spacial score (nSPS) is 10.0. The maximum Gasteiger partial charge on any atom is 0.377 e. The Bertz CT molecular complexity index is 623. The molecule has 0 radical (unpaired) electrons. The van der Waals surface area contributed by atoms with E-state index >= 15 is 0 Å². The van der Waals surface area contributed by atoms with E-state index in [-0.39, 0.29) is 11.5 Å². The molecule has 0 unspecified atom stereocenters. The van der Waals surface area contributed by atoms with Crippen molar-refractivity contribution >= 4 is 11.9 Å². The van der Waals surface area contributed by atoms with Crippen LogP contribution < -0.4 is 0 Å². The van der Waals surface area contributed by atoms with Crippen molar-refractivity contribution < 1.29 is 19.1 Å². The van der Waals surface area contributed by atoms with E-state index in [1.165, 1.54) is 37.5 Å². The molecule has 8 nitrogen and oxygen atoms in total. The number of rotatable bonds is 3. The Kier molecular flexibility index (Phi) is 3.51. The SMILES string of the molecule is COC(=O)c1cc(-n2cnc(C(=O)OC)n2)ccn1. The van der Waals surface area contributed by atoms with Crippen molar-refractivity contribution in [2.24, 2.45) is 0 Å². The summed E-state index contributed by atoms with van der Waals surface area (Å²) in [6.07, 6.45) is 2.77. The summed E-state index contributed by atoms with van der Waals surface area (Å²) < 4.78 is 10.4. The molecular weight excluding hydrogens is 252 g/mol. The van der Waals surface area contributed by atoms with Gasteiger partial charge in [0, 0.05) is 6.20 Å². The number of hydrogen-bond donors (Lipinski definition) is 0. The van der Waals surface area contributed by atoms with Gasteiger partial charge >= 0.3 is 11.9 Å². The molecule has 0 fully saturated rings. The van der Waals surface area contributed by atoms with E-state index in [0.717, 1.165) is 0 Å². The summed E-state index contributed by atoms with van der Waals surface area (Å²) in [5.74, 6) is -1.27. The number of carbonyl (C=O) groups excluding carboxylic acids is 2. The first-order chi connectivity index (χ1) is 9.15. The molecule has 2 aromatic heterocycles. The lowest BCUT2D eigenvalue weighted by Gasteiger charge is -2.02. The molecule has 8 heteroatoms. The van der Waals surface area contributed by atoms with Gasteiger partial charge in [0.25, 0.3) is 5.82 Å². The summed E-state index contributed by atoms with van der Waals surface area (Å²) in [5, 5.41) is 3.93. The summed E-state index contributed by atoms with van der Waals surface area (Å²) in [6, 6.07) is 3.09. The second-order valence-corrected chi connectivity index (χ2v) is 3.40. The van der Waals surface area contributed by atoms with Crippen LogP contribution in [-0.2, 0) is 9.47 Å². The molecule has 98 valence electrons. The first-order valence-electron chi connectivity index (χ1n) is 5.20. The smallest absolute Gasteiger partial charge is 0.377 e. The fourth-order valence-electron chi connectivity index (χ4n) is 1.35. The molecular formula is C11H10N4O4. The van der Waals surface area contributed by atoms with Crippen LogP contribution in [0.4, 0.5) is 0 Å². The van der Waals surface area contributed by atoms with Crippen molar-refractivity contribution in [3.8, 4) is 5.69 Å². The Hall–Kier alpha value is -2.77. The van der Waals surface area contributed by atoms with Crippen molar-refractivity contribution in [1.29, 1.82) is 0 Å². The van der Waals surface area contributed by atoms with Gasteiger partial charge < -0.3 is 9.47 Å². The summed E-state index contributed by atoms with van der Waals surface area (Å²) >= 11 is 0. The Labute approximate surface area is 108 Å². The molecule has 19 heavy (non-hydrogen) atoms. The molecule has 0 bridgehead atoms. The molecule has 2 heterocycles. The summed E-state index contributed by atoms with van der Waals surface area (Å²) in [6.45, 7) is 0. The molecule has 2 aromatic rings. The van der Waals surface area contributed by atoms with Crippen molar-refractivity contribution in [2.45, 2.75) is 0 Å². The maximum atomic E-state index is 11.4. The Morgan fingerprint density at radius 3 is 2.58 bits per heavy atom. The summed E-state index contributed by atoms with van der Waals surface area (Å²) in [5.41, 5.74) is 0.660. The van der Waals surface area contributed by atoms with Crippen LogP contribution >= 0.6 is 0 Å². The Balaban J connectivity index is 2.34. The van der Waals surface area contributed by atoms with Crippen LogP contribution in [0.15, 0.2) is 24.7 Å². The predicted molar refractivity (Wildman–Crippen MR) is 61.8 cm³/mol.